The van der Waals surface area contributed by atoms with Gasteiger partial charge >= 0.3 is 5.97 Å². The second-order valence-corrected chi connectivity index (χ2v) is 3.93. The quantitative estimate of drug-likeness (QED) is 0.677. The number of halogens is 2. The van der Waals surface area contributed by atoms with Crippen molar-refractivity contribution in [1.29, 1.82) is 0 Å². The molecule has 3 nitrogen and oxygen atoms in total. The van der Waals surface area contributed by atoms with E-state index in [2.05, 4.69) is 0 Å². The van der Waals surface area contributed by atoms with Gasteiger partial charge in [-0.2, -0.15) is 0 Å². The zero-order valence-corrected chi connectivity index (χ0v) is 7.02. The molecule has 62 valence electrons. The minimum absolute atomic E-state index is 0.140. The number of carboxylic acids is 1. The molecular weight excluding hydrogens is 191 g/mol. The predicted octanol–water partition coefficient (Wildman–Crippen LogP) is 1.22. The van der Waals surface area contributed by atoms with Crippen LogP contribution in [0.5, 0.6) is 0 Å². The predicted molar refractivity (Wildman–Crippen MR) is 39.8 cm³/mol. The smallest absolute Gasteiger partial charge is 0.303 e. The van der Waals surface area contributed by atoms with Gasteiger partial charge in [-0.05, 0) is 0 Å². The summed E-state index contributed by atoms with van der Waals surface area (Å²) in [6.45, 7) is 0. The number of carbonyl (C=O) groups is 2. The Kier molecular flexibility index (Phi) is 2.12. The largest absolute Gasteiger partial charge is 0.481 e. The van der Waals surface area contributed by atoms with Crippen molar-refractivity contribution in [3.8, 4) is 0 Å². The summed E-state index contributed by atoms with van der Waals surface area (Å²) >= 11 is 11.0. The van der Waals surface area contributed by atoms with Crippen molar-refractivity contribution >= 4 is 35.0 Å². The summed E-state index contributed by atoms with van der Waals surface area (Å²) in [5.41, 5.74) is 0. The van der Waals surface area contributed by atoms with Crippen LogP contribution in [0.15, 0.2) is 0 Å². The maximum Gasteiger partial charge on any atom is 0.303 e. The molecule has 1 aliphatic rings. The Labute approximate surface area is 73.3 Å². The highest BCUT2D eigenvalue weighted by molar-refractivity contribution is 6.60. The summed E-state index contributed by atoms with van der Waals surface area (Å²) in [7, 11) is 0. The molecule has 0 aromatic heterocycles. The van der Waals surface area contributed by atoms with E-state index >= 15 is 0 Å². The first-order valence-corrected chi connectivity index (χ1v) is 3.83. The van der Waals surface area contributed by atoms with Crippen molar-refractivity contribution in [2.45, 2.75) is 17.2 Å². The molecule has 1 fully saturated rings. The molecule has 1 saturated carbocycles. The van der Waals surface area contributed by atoms with Gasteiger partial charge in [0.2, 0.25) is 0 Å². The molecule has 0 aromatic rings. The molecular formula is C6H6Cl2O3. The van der Waals surface area contributed by atoms with Gasteiger partial charge in [0.25, 0.3) is 0 Å². The molecule has 1 aliphatic carbocycles. The van der Waals surface area contributed by atoms with Gasteiger partial charge in [-0.3, -0.25) is 9.59 Å². The second kappa shape index (κ2) is 2.64. The van der Waals surface area contributed by atoms with Crippen molar-refractivity contribution in [1.82, 2.24) is 0 Å². The average molecular weight is 197 g/mol. The molecule has 0 spiro atoms. The van der Waals surface area contributed by atoms with E-state index in [1.54, 1.807) is 0 Å². The fraction of sp³-hybridized carbons (Fsp3) is 0.667. The van der Waals surface area contributed by atoms with Crippen LogP contribution in [-0.2, 0) is 9.59 Å². The van der Waals surface area contributed by atoms with Crippen LogP contribution in [0, 0.1) is 5.92 Å². The molecule has 1 N–H and O–H groups in total. The van der Waals surface area contributed by atoms with Crippen LogP contribution in [0.2, 0.25) is 0 Å². The lowest BCUT2D eigenvalue weighted by atomic mass is 9.80. The van der Waals surface area contributed by atoms with Gasteiger partial charge in [-0.15, -0.1) is 0 Å². The zero-order valence-electron chi connectivity index (χ0n) is 5.51. The van der Waals surface area contributed by atoms with Gasteiger partial charge < -0.3 is 5.11 Å². The number of hydrogen-bond acceptors (Lipinski definition) is 2. The molecule has 0 amide bonds. The summed E-state index contributed by atoms with van der Waals surface area (Å²) in [5, 5.41) is 8.34. The fourth-order valence-electron chi connectivity index (χ4n) is 0.996. The first kappa shape index (κ1) is 8.81. The van der Waals surface area contributed by atoms with Crippen LogP contribution in [0.4, 0.5) is 0 Å². The Bertz CT molecular complexity index is 212. The topological polar surface area (TPSA) is 54.4 Å². The number of alkyl halides is 2. The molecule has 0 aromatic carbocycles. The number of Topliss-reactive ketones (excluding diaryl/α,β-unsaturated/α-hetero) is 1. The van der Waals surface area contributed by atoms with Crippen molar-refractivity contribution in [2.75, 3.05) is 0 Å². The Morgan fingerprint density at radius 3 is 2.55 bits per heavy atom. The Morgan fingerprint density at radius 1 is 1.73 bits per heavy atom. The Balaban J connectivity index is 2.53. The maximum atomic E-state index is 10.7. The molecule has 1 rings (SSSR count). The minimum atomic E-state index is -1.45. The summed E-state index contributed by atoms with van der Waals surface area (Å²) in [6.07, 6.45) is 0.0397. The third kappa shape index (κ3) is 1.49. The minimum Gasteiger partial charge on any atom is -0.481 e. The van der Waals surface area contributed by atoms with Crippen LogP contribution in [0.25, 0.3) is 0 Å². The van der Waals surface area contributed by atoms with Gasteiger partial charge in [0.05, 0.1) is 6.42 Å². The molecule has 0 aliphatic heterocycles. The van der Waals surface area contributed by atoms with Crippen LogP contribution < -0.4 is 0 Å². The monoisotopic (exact) mass is 196 g/mol. The van der Waals surface area contributed by atoms with Gasteiger partial charge in [-0.25, -0.2) is 0 Å². The molecule has 0 heterocycles. The van der Waals surface area contributed by atoms with Crippen molar-refractivity contribution < 1.29 is 14.7 Å². The summed E-state index contributed by atoms with van der Waals surface area (Å²) in [6, 6.07) is 0. The van der Waals surface area contributed by atoms with Crippen LogP contribution >= 0.6 is 23.2 Å². The van der Waals surface area contributed by atoms with Gasteiger partial charge in [0, 0.05) is 12.3 Å². The fourth-order valence-corrected chi connectivity index (χ4v) is 1.46. The van der Waals surface area contributed by atoms with E-state index in [1.807, 2.05) is 0 Å². The van der Waals surface area contributed by atoms with Crippen molar-refractivity contribution in [3.63, 3.8) is 0 Å². The number of rotatable bonds is 2. The normalized spacial score (nSPS) is 27.8. The third-order valence-corrected chi connectivity index (χ3v) is 2.78. The van der Waals surface area contributed by atoms with E-state index in [0.29, 0.717) is 0 Å². The second-order valence-electron chi connectivity index (χ2n) is 2.55. The number of ketones is 1. The highest BCUT2D eigenvalue weighted by atomic mass is 35.5. The highest BCUT2D eigenvalue weighted by Gasteiger charge is 2.52. The zero-order chi connectivity index (χ0) is 8.65. The first-order chi connectivity index (χ1) is 4.94. The molecule has 11 heavy (non-hydrogen) atoms. The lowest BCUT2D eigenvalue weighted by molar-refractivity contribution is -0.140. The van der Waals surface area contributed by atoms with Gasteiger partial charge in [-0.1, -0.05) is 23.2 Å². The van der Waals surface area contributed by atoms with E-state index in [-0.39, 0.29) is 18.6 Å². The number of hydrogen-bond donors (Lipinski definition) is 1. The average Bonchev–Trinajstić information content (AvgIpc) is 1.87. The Hall–Kier alpha value is -0.280. The summed E-state index contributed by atoms with van der Waals surface area (Å²) in [5.74, 6) is -1.68. The third-order valence-electron chi connectivity index (χ3n) is 1.74. The molecule has 0 radical (unpaired) electrons. The van der Waals surface area contributed by atoms with E-state index < -0.39 is 16.2 Å². The standard InChI is InChI=1S/C6H6Cl2O3/c7-6(8)3(1-4(6)9)2-5(10)11/h3H,1-2H2,(H,10,11). The van der Waals surface area contributed by atoms with Crippen molar-refractivity contribution in [3.05, 3.63) is 0 Å². The number of carboxylic acid groups (broad SMARTS) is 1. The molecule has 0 bridgehead atoms. The van der Waals surface area contributed by atoms with E-state index in [4.69, 9.17) is 28.3 Å². The van der Waals surface area contributed by atoms with E-state index in [0.717, 1.165) is 0 Å². The summed E-state index contributed by atoms with van der Waals surface area (Å²) in [4.78, 5) is 20.9. The maximum absolute atomic E-state index is 10.7. The molecule has 1 atom stereocenters. The summed E-state index contributed by atoms with van der Waals surface area (Å²) < 4.78 is -1.45. The van der Waals surface area contributed by atoms with Crippen LogP contribution in [-0.4, -0.2) is 21.2 Å². The van der Waals surface area contributed by atoms with E-state index in [1.165, 1.54) is 0 Å². The molecule has 1 unspecified atom stereocenters. The van der Waals surface area contributed by atoms with Crippen LogP contribution in [0.1, 0.15) is 12.8 Å². The molecule has 0 saturated heterocycles. The first-order valence-electron chi connectivity index (χ1n) is 3.07. The van der Waals surface area contributed by atoms with Crippen molar-refractivity contribution in [2.24, 2.45) is 5.92 Å². The lowest BCUT2D eigenvalue weighted by Crippen LogP contribution is -2.48. The molecule has 5 heteroatoms. The van der Waals surface area contributed by atoms with E-state index in [9.17, 15) is 9.59 Å². The number of aliphatic carboxylic acids is 1. The van der Waals surface area contributed by atoms with Crippen LogP contribution in [0.3, 0.4) is 0 Å². The lowest BCUT2D eigenvalue weighted by Gasteiger charge is -2.36. The highest BCUT2D eigenvalue weighted by Crippen LogP contribution is 2.46. The van der Waals surface area contributed by atoms with Gasteiger partial charge in [0.15, 0.2) is 10.1 Å². The van der Waals surface area contributed by atoms with Gasteiger partial charge in [0.1, 0.15) is 0 Å². The Morgan fingerprint density at radius 2 is 2.27 bits per heavy atom. The SMILES string of the molecule is O=C(O)CC1CC(=O)C1(Cl)Cl. The number of carbonyl (C=O) groups excluding carboxylic acids is 1.